The molecular formula is C18H19BrN4O2. The molecule has 1 atom stereocenters. The molecule has 0 saturated heterocycles. The lowest BCUT2D eigenvalue weighted by Gasteiger charge is -2.12. The van der Waals surface area contributed by atoms with E-state index in [1.165, 1.54) is 0 Å². The van der Waals surface area contributed by atoms with Crippen molar-refractivity contribution in [3.05, 3.63) is 47.1 Å². The highest BCUT2D eigenvalue weighted by Gasteiger charge is 2.16. The average molecular weight is 403 g/mol. The van der Waals surface area contributed by atoms with Gasteiger partial charge in [-0.25, -0.2) is 0 Å². The molecule has 0 aliphatic carbocycles. The zero-order chi connectivity index (χ0) is 17.8. The van der Waals surface area contributed by atoms with E-state index < -0.39 is 0 Å². The molecule has 2 heterocycles. The van der Waals surface area contributed by atoms with Crippen molar-refractivity contribution in [1.29, 1.82) is 0 Å². The van der Waals surface area contributed by atoms with Gasteiger partial charge >= 0.3 is 0 Å². The van der Waals surface area contributed by atoms with Crippen molar-refractivity contribution in [3.8, 4) is 23.0 Å². The molecule has 1 N–H and O–H groups in total. The SMILES string of the molecule is CC[C@H](C)NC(=O)Cn1cccc1-c1nc(-c2ccc(Br)cc2)no1. The highest BCUT2D eigenvalue weighted by molar-refractivity contribution is 9.10. The van der Waals surface area contributed by atoms with Gasteiger partial charge in [0.05, 0.1) is 0 Å². The third-order valence-corrected chi connectivity index (χ3v) is 4.44. The summed E-state index contributed by atoms with van der Waals surface area (Å²) in [5.41, 5.74) is 1.58. The lowest BCUT2D eigenvalue weighted by Crippen LogP contribution is -2.34. The molecule has 0 radical (unpaired) electrons. The third-order valence-electron chi connectivity index (χ3n) is 3.91. The summed E-state index contributed by atoms with van der Waals surface area (Å²) in [6.07, 6.45) is 2.72. The zero-order valence-corrected chi connectivity index (χ0v) is 15.7. The van der Waals surface area contributed by atoms with Crippen molar-refractivity contribution in [3.63, 3.8) is 0 Å². The Hall–Kier alpha value is -2.41. The minimum atomic E-state index is -0.0422. The number of aromatic nitrogens is 3. The van der Waals surface area contributed by atoms with E-state index in [0.717, 1.165) is 22.2 Å². The fraction of sp³-hybridized carbons (Fsp3) is 0.278. The summed E-state index contributed by atoms with van der Waals surface area (Å²) >= 11 is 3.40. The highest BCUT2D eigenvalue weighted by atomic mass is 79.9. The Morgan fingerprint density at radius 1 is 1.32 bits per heavy atom. The van der Waals surface area contributed by atoms with Crippen LogP contribution in [0.15, 0.2) is 51.6 Å². The van der Waals surface area contributed by atoms with Crippen LogP contribution in [0.25, 0.3) is 23.0 Å². The maximum Gasteiger partial charge on any atom is 0.274 e. The number of amides is 1. The third kappa shape index (κ3) is 4.17. The molecule has 0 bridgehead atoms. The van der Waals surface area contributed by atoms with Gasteiger partial charge in [-0.1, -0.05) is 28.0 Å². The molecule has 0 spiro atoms. The second kappa shape index (κ2) is 7.65. The van der Waals surface area contributed by atoms with Crippen molar-refractivity contribution in [2.45, 2.75) is 32.9 Å². The van der Waals surface area contributed by atoms with Gasteiger partial charge in [-0.15, -0.1) is 0 Å². The Morgan fingerprint density at radius 3 is 2.80 bits per heavy atom. The van der Waals surface area contributed by atoms with Gasteiger partial charge in [0, 0.05) is 22.3 Å². The number of rotatable bonds is 6. The molecule has 0 unspecified atom stereocenters. The van der Waals surface area contributed by atoms with E-state index in [1.54, 1.807) is 4.57 Å². The molecule has 25 heavy (non-hydrogen) atoms. The van der Waals surface area contributed by atoms with Gasteiger partial charge in [-0.3, -0.25) is 4.79 Å². The Kier molecular flexibility index (Phi) is 5.33. The monoisotopic (exact) mass is 402 g/mol. The summed E-state index contributed by atoms with van der Waals surface area (Å²) < 4.78 is 8.18. The van der Waals surface area contributed by atoms with Gasteiger partial charge in [0.2, 0.25) is 11.7 Å². The van der Waals surface area contributed by atoms with Crippen molar-refractivity contribution in [2.75, 3.05) is 0 Å². The molecule has 130 valence electrons. The van der Waals surface area contributed by atoms with E-state index in [2.05, 4.69) is 31.4 Å². The number of nitrogens with one attached hydrogen (secondary N) is 1. The van der Waals surface area contributed by atoms with Gasteiger partial charge in [0.15, 0.2) is 0 Å². The van der Waals surface area contributed by atoms with Gasteiger partial charge < -0.3 is 14.4 Å². The standard InChI is InChI=1S/C18H19BrN4O2/c1-3-12(2)20-16(24)11-23-10-4-5-15(23)18-21-17(22-25-18)13-6-8-14(19)9-7-13/h4-10,12H,3,11H2,1-2H3,(H,20,24)/t12-/m0/s1. The molecule has 3 aromatic rings. The second-order valence-electron chi connectivity index (χ2n) is 5.83. The van der Waals surface area contributed by atoms with Gasteiger partial charge in [-0.2, -0.15) is 4.98 Å². The van der Waals surface area contributed by atoms with Crippen LogP contribution in [0.1, 0.15) is 20.3 Å². The first kappa shape index (κ1) is 17.4. The van der Waals surface area contributed by atoms with Crippen molar-refractivity contribution >= 4 is 21.8 Å². The number of hydrogen-bond donors (Lipinski definition) is 1. The van der Waals surface area contributed by atoms with E-state index in [4.69, 9.17) is 4.52 Å². The van der Waals surface area contributed by atoms with Crippen LogP contribution in [0.2, 0.25) is 0 Å². The second-order valence-corrected chi connectivity index (χ2v) is 6.74. The molecule has 1 amide bonds. The Balaban J connectivity index is 1.78. The first-order chi connectivity index (χ1) is 12.1. The smallest absolute Gasteiger partial charge is 0.274 e. The van der Waals surface area contributed by atoms with Gasteiger partial charge in [0.25, 0.3) is 5.89 Å². The van der Waals surface area contributed by atoms with E-state index >= 15 is 0 Å². The Labute approximate surface area is 154 Å². The maximum atomic E-state index is 12.1. The lowest BCUT2D eigenvalue weighted by molar-refractivity contribution is -0.122. The van der Waals surface area contributed by atoms with Crippen LogP contribution < -0.4 is 5.32 Å². The minimum Gasteiger partial charge on any atom is -0.352 e. The van der Waals surface area contributed by atoms with Crippen LogP contribution >= 0.6 is 15.9 Å². The molecule has 6 nitrogen and oxygen atoms in total. The number of nitrogens with zero attached hydrogens (tertiary/aromatic N) is 3. The van der Waals surface area contributed by atoms with Crippen LogP contribution in [0.5, 0.6) is 0 Å². The van der Waals surface area contributed by atoms with Crippen LogP contribution in [0.3, 0.4) is 0 Å². The Morgan fingerprint density at radius 2 is 2.08 bits per heavy atom. The van der Waals surface area contributed by atoms with Crippen LogP contribution in [0, 0.1) is 0 Å². The summed E-state index contributed by atoms with van der Waals surface area (Å²) in [5, 5.41) is 6.99. The molecule has 1 aromatic carbocycles. The summed E-state index contributed by atoms with van der Waals surface area (Å²) in [4.78, 5) is 16.6. The number of hydrogen-bond acceptors (Lipinski definition) is 4. The molecule has 0 aliphatic heterocycles. The summed E-state index contributed by atoms with van der Waals surface area (Å²) in [7, 11) is 0. The van der Waals surface area contributed by atoms with Crippen molar-refractivity contribution in [2.24, 2.45) is 0 Å². The largest absolute Gasteiger partial charge is 0.352 e. The molecule has 7 heteroatoms. The maximum absolute atomic E-state index is 12.1. The summed E-state index contributed by atoms with van der Waals surface area (Å²) in [6.45, 7) is 4.23. The van der Waals surface area contributed by atoms with Crippen LogP contribution in [-0.2, 0) is 11.3 Å². The molecular weight excluding hydrogens is 384 g/mol. The van der Waals surface area contributed by atoms with Crippen LogP contribution in [-0.4, -0.2) is 26.7 Å². The fourth-order valence-corrected chi connectivity index (χ4v) is 2.63. The van der Waals surface area contributed by atoms with Crippen LogP contribution in [0.4, 0.5) is 0 Å². The Bertz CT molecular complexity index is 854. The number of carbonyl (C=O) groups excluding carboxylic acids is 1. The van der Waals surface area contributed by atoms with Gasteiger partial charge in [0.1, 0.15) is 12.2 Å². The highest BCUT2D eigenvalue weighted by Crippen LogP contribution is 2.24. The molecule has 0 saturated carbocycles. The number of benzene rings is 1. The first-order valence-electron chi connectivity index (χ1n) is 8.11. The summed E-state index contributed by atoms with van der Waals surface area (Å²) in [5.74, 6) is 0.859. The van der Waals surface area contributed by atoms with Gasteiger partial charge in [-0.05, 0) is 49.7 Å². The fourth-order valence-electron chi connectivity index (χ4n) is 2.37. The van der Waals surface area contributed by atoms with E-state index in [-0.39, 0.29) is 18.5 Å². The molecule has 0 fully saturated rings. The van der Waals surface area contributed by atoms with E-state index in [1.807, 2.05) is 56.4 Å². The number of halogens is 1. The predicted octanol–water partition coefficient (Wildman–Crippen LogP) is 3.88. The molecule has 2 aromatic heterocycles. The van der Waals surface area contributed by atoms with E-state index in [9.17, 15) is 4.79 Å². The van der Waals surface area contributed by atoms with Crippen molar-refractivity contribution < 1.29 is 9.32 Å². The predicted molar refractivity (Wildman–Crippen MR) is 98.8 cm³/mol. The normalized spacial score (nSPS) is 12.1. The summed E-state index contributed by atoms with van der Waals surface area (Å²) in [6, 6.07) is 11.5. The van der Waals surface area contributed by atoms with Crippen molar-refractivity contribution in [1.82, 2.24) is 20.0 Å². The quantitative estimate of drug-likeness (QED) is 0.678. The molecule has 0 aliphatic rings. The molecule has 3 rings (SSSR count). The topological polar surface area (TPSA) is 73.0 Å². The zero-order valence-electron chi connectivity index (χ0n) is 14.1. The first-order valence-corrected chi connectivity index (χ1v) is 8.90. The lowest BCUT2D eigenvalue weighted by atomic mass is 10.2. The number of carbonyl (C=O) groups is 1. The van der Waals surface area contributed by atoms with E-state index in [0.29, 0.717) is 11.7 Å². The minimum absolute atomic E-state index is 0.0422. The average Bonchev–Trinajstić information content (AvgIpc) is 3.24.